The number of thioether (sulfide) groups is 1. The molecule has 0 aliphatic heterocycles. The Balaban J connectivity index is 1.44. The van der Waals surface area contributed by atoms with Crippen LogP contribution >= 0.6 is 11.8 Å². The Morgan fingerprint density at radius 1 is 0.938 bits per heavy atom. The summed E-state index contributed by atoms with van der Waals surface area (Å²) < 4.78 is 9.48. The van der Waals surface area contributed by atoms with Gasteiger partial charge in [0, 0.05) is 6.54 Å². The highest BCUT2D eigenvalue weighted by atomic mass is 32.2. The first kappa shape index (κ1) is 20.4. The van der Waals surface area contributed by atoms with Crippen molar-refractivity contribution < 1.29 is 4.42 Å². The van der Waals surface area contributed by atoms with E-state index in [1.54, 1.807) is 4.57 Å². The Bertz CT molecular complexity index is 1420. The van der Waals surface area contributed by atoms with Gasteiger partial charge in [-0.1, -0.05) is 67.6 Å². The summed E-state index contributed by atoms with van der Waals surface area (Å²) in [5, 5.41) is 18.4. The monoisotopic (exact) mass is 446 g/mol. The van der Waals surface area contributed by atoms with Crippen molar-refractivity contribution in [1.82, 2.24) is 29.4 Å². The number of hydrogen-bond donors (Lipinski definition) is 0. The number of rotatable bonds is 8. The van der Waals surface area contributed by atoms with Gasteiger partial charge in [0.25, 0.3) is 5.56 Å². The van der Waals surface area contributed by atoms with Crippen molar-refractivity contribution in [1.29, 1.82) is 0 Å². The number of hydrogen-bond acceptors (Lipinski definition) is 7. The summed E-state index contributed by atoms with van der Waals surface area (Å²) in [5.41, 5.74) is 1.88. The Hall–Kier alpha value is -3.46. The number of unbranched alkanes of at least 4 members (excludes halogenated alkanes) is 1. The van der Waals surface area contributed by atoms with Crippen LogP contribution in [0.2, 0.25) is 0 Å². The van der Waals surface area contributed by atoms with Gasteiger partial charge in [-0.25, -0.2) is 0 Å². The van der Waals surface area contributed by atoms with E-state index in [0.717, 1.165) is 23.9 Å². The molecule has 0 saturated heterocycles. The maximum Gasteiger partial charge on any atom is 0.262 e. The molecule has 0 bridgehead atoms. The second-order valence-corrected chi connectivity index (χ2v) is 8.43. The summed E-state index contributed by atoms with van der Waals surface area (Å²) in [6.45, 7) is 2.71. The Morgan fingerprint density at radius 3 is 2.56 bits per heavy atom. The molecule has 0 atom stereocenters. The van der Waals surface area contributed by atoms with Crippen molar-refractivity contribution in [3.8, 4) is 0 Å². The van der Waals surface area contributed by atoms with Gasteiger partial charge in [0.15, 0.2) is 5.16 Å². The van der Waals surface area contributed by atoms with Crippen molar-refractivity contribution in [2.24, 2.45) is 0 Å². The molecule has 32 heavy (non-hydrogen) atoms. The second-order valence-electron chi connectivity index (χ2n) is 7.49. The molecule has 8 nitrogen and oxygen atoms in total. The Labute approximate surface area is 188 Å². The summed E-state index contributed by atoms with van der Waals surface area (Å²) >= 11 is 1.46. The second kappa shape index (κ2) is 8.96. The predicted octanol–water partition coefficient (Wildman–Crippen LogP) is 4.11. The van der Waals surface area contributed by atoms with E-state index < -0.39 is 0 Å². The quantitative estimate of drug-likeness (QED) is 0.331. The lowest BCUT2D eigenvalue weighted by molar-refractivity contribution is 0.474. The fraction of sp³-hybridized carbons (Fsp3) is 0.261. The number of aryl methyl sites for hydroxylation is 1. The molecule has 0 saturated carbocycles. The van der Waals surface area contributed by atoms with E-state index in [2.05, 4.69) is 27.3 Å². The van der Waals surface area contributed by atoms with Gasteiger partial charge in [0.2, 0.25) is 17.6 Å². The summed E-state index contributed by atoms with van der Waals surface area (Å²) in [4.78, 5) is 13.0. The fourth-order valence-electron chi connectivity index (χ4n) is 3.66. The highest BCUT2D eigenvalue weighted by Gasteiger charge is 2.17. The van der Waals surface area contributed by atoms with E-state index in [4.69, 9.17) is 4.42 Å². The van der Waals surface area contributed by atoms with E-state index in [0.29, 0.717) is 46.8 Å². The van der Waals surface area contributed by atoms with Crippen LogP contribution in [0.15, 0.2) is 69.0 Å². The van der Waals surface area contributed by atoms with Gasteiger partial charge in [-0.2, -0.15) is 0 Å². The third kappa shape index (κ3) is 3.91. The maximum atomic E-state index is 13.0. The summed E-state index contributed by atoms with van der Waals surface area (Å²) in [6.07, 6.45) is 2.49. The summed E-state index contributed by atoms with van der Waals surface area (Å²) in [7, 11) is 0. The molecule has 162 valence electrons. The fourth-order valence-corrected chi connectivity index (χ4v) is 4.44. The van der Waals surface area contributed by atoms with Crippen LogP contribution in [0.25, 0.3) is 16.7 Å². The third-order valence-corrected chi connectivity index (χ3v) is 6.16. The molecule has 0 aliphatic rings. The summed E-state index contributed by atoms with van der Waals surface area (Å²) in [6, 6.07) is 17.6. The lowest BCUT2D eigenvalue weighted by Crippen LogP contribution is -2.23. The van der Waals surface area contributed by atoms with Crippen molar-refractivity contribution >= 4 is 28.4 Å². The standard InChI is InChI=1S/C23H22N6O2S/c1-2-3-13-28-21(30)17-11-7-8-12-18(17)29-22(28)26-27-23(29)32-15-20-25-24-19(31-20)14-16-9-5-4-6-10-16/h4-12H,2-3,13-15H2,1H3. The van der Waals surface area contributed by atoms with Crippen LogP contribution in [-0.2, 0) is 18.7 Å². The van der Waals surface area contributed by atoms with Crippen LogP contribution in [0.3, 0.4) is 0 Å². The largest absolute Gasteiger partial charge is 0.424 e. The normalized spacial score (nSPS) is 11.5. The zero-order valence-electron chi connectivity index (χ0n) is 17.6. The number of para-hydroxylation sites is 1. The molecule has 0 fully saturated rings. The van der Waals surface area contributed by atoms with Gasteiger partial charge in [-0.05, 0) is 24.1 Å². The molecule has 2 aromatic carbocycles. The first-order valence-corrected chi connectivity index (χ1v) is 11.6. The van der Waals surface area contributed by atoms with E-state index in [1.165, 1.54) is 11.8 Å². The van der Waals surface area contributed by atoms with Crippen LogP contribution in [0.1, 0.15) is 37.1 Å². The van der Waals surface area contributed by atoms with E-state index in [-0.39, 0.29) is 5.56 Å². The predicted molar refractivity (Wildman–Crippen MR) is 123 cm³/mol. The highest BCUT2D eigenvalue weighted by molar-refractivity contribution is 7.98. The first-order chi connectivity index (χ1) is 15.7. The molecule has 0 unspecified atom stereocenters. The topological polar surface area (TPSA) is 91.1 Å². The van der Waals surface area contributed by atoms with Crippen molar-refractivity contribution in [3.05, 3.63) is 82.3 Å². The number of nitrogens with zero attached hydrogens (tertiary/aromatic N) is 6. The minimum Gasteiger partial charge on any atom is -0.424 e. The lowest BCUT2D eigenvalue weighted by atomic mass is 10.2. The molecule has 9 heteroatoms. The van der Waals surface area contributed by atoms with Gasteiger partial charge in [0.05, 0.1) is 23.1 Å². The molecule has 5 aromatic rings. The molecule has 0 aliphatic carbocycles. The van der Waals surface area contributed by atoms with Crippen LogP contribution in [0, 0.1) is 0 Å². The van der Waals surface area contributed by atoms with Gasteiger partial charge in [-0.15, -0.1) is 20.4 Å². The van der Waals surface area contributed by atoms with Gasteiger partial charge >= 0.3 is 0 Å². The number of fused-ring (bicyclic) bond motifs is 3. The Kier molecular flexibility index (Phi) is 5.72. The molecule has 5 rings (SSSR count). The third-order valence-electron chi connectivity index (χ3n) is 5.25. The minimum atomic E-state index is -0.0343. The van der Waals surface area contributed by atoms with Crippen LogP contribution < -0.4 is 5.56 Å². The molecule has 0 radical (unpaired) electrons. The number of aromatic nitrogens is 6. The zero-order chi connectivity index (χ0) is 21.9. The number of benzene rings is 2. The van der Waals surface area contributed by atoms with E-state index in [1.807, 2.05) is 59.0 Å². The molecular formula is C23H22N6O2S. The highest BCUT2D eigenvalue weighted by Crippen LogP contribution is 2.24. The Morgan fingerprint density at radius 2 is 1.72 bits per heavy atom. The van der Waals surface area contributed by atoms with Gasteiger partial charge < -0.3 is 4.42 Å². The average molecular weight is 447 g/mol. The van der Waals surface area contributed by atoms with Crippen LogP contribution in [0.4, 0.5) is 0 Å². The van der Waals surface area contributed by atoms with Crippen LogP contribution in [0.5, 0.6) is 0 Å². The van der Waals surface area contributed by atoms with E-state index in [9.17, 15) is 4.79 Å². The minimum absolute atomic E-state index is 0.0343. The van der Waals surface area contributed by atoms with Crippen LogP contribution in [-0.4, -0.2) is 29.4 Å². The smallest absolute Gasteiger partial charge is 0.262 e. The van der Waals surface area contributed by atoms with E-state index >= 15 is 0 Å². The van der Waals surface area contributed by atoms with Crippen molar-refractivity contribution in [2.45, 2.75) is 43.6 Å². The zero-order valence-corrected chi connectivity index (χ0v) is 18.5. The SMILES string of the molecule is CCCCn1c(=O)c2ccccc2n2c(SCc3nnc(Cc4ccccc4)o3)nnc12. The molecule has 0 amide bonds. The van der Waals surface area contributed by atoms with Gasteiger partial charge in [-0.3, -0.25) is 13.8 Å². The molecule has 0 N–H and O–H groups in total. The molecule has 3 heterocycles. The van der Waals surface area contributed by atoms with Crippen molar-refractivity contribution in [2.75, 3.05) is 0 Å². The maximum absolute atomic E-state index is 13.0. The van der Waals surface area contributed by atoms with Gasteiger partial charge in [0.1, 0.15) is 0 Å². The average Bonchev–Trinajstić information content (AvgIpc) is 3.45. The van der Waals surface area contributed by atoms with Crippen molar-refractivity contribution in [3.63, 3.8) is 0 Å². The lowest BCUT2D eigenvalue weighted by Gasteiger charge is -2.10. The first-order valence-electron chi connectivity index (χ1n) is 10.6. The summed E-state index contributed by atoms with van der Waals surface area (Å²) in [5.74, 6) is 2.13. The molecule has 3 aromatic heterocycles. The molecule has 0 spiro atoms. The molecular weight excluding hydrogens is 424 g/mol.